The number of aliphatic hydroxyl groups is 1. The molecule has 1 rings (SSSR count). The molecule has 1 atom stereocenters. The van der Waals surface area contributed by atoms with E-state index in [1.165, 1.54) is 0 Å². The lowest BCUT2D eigenvalue weighted by Gasteiger charge is -2.15. The molecule has 2 heteroatoms. The molecule has 2 nitrogen and oxygen atoms in total. The fourth-order valence-corrected chi connectivity index (χ4v) is 1.03. The van der Waals surface area contributed by atoms with Gasteiger partial charge in [-0.15, -0.1) is 0 Å². The standard InChI is InChI=1S/C9H12O2/c1-2-8-5-3-4-6-9(8)11-7-10/h2-6,9-10H,7H2,1H3. The van der Waals surface area contributed by atoms with Crippen LogP contribution in [0.15, 0.2) is 36.0 Å². The van der Waals surface area contributed by atoms with Crippen molar-refractivity contribution in [3.63, 3.8) is 0 Å². The van der Waals surface area contributed by atoms with E-state index in [9.17, 15) is 0 Å². The average Bonchev–Trinajstić information content (AvgIpc) is 2.06. The summed E-state index contributed by atoms with van der Waals surface area (Å²) in [5.74, 6) is 0. The second-order valence-corrected chi connectivity index (χ2v) is 2.25. The highest BCUT2D eigenvalue weighted by Crippen LogP contribution is 2.13. The van der Waals surface area contributed by atoms with Crippen LogP contribution in [-0.2, 0) is 4.74 Å². The van der Waals surface area contributed by atoms with Crippen molar-refractivity contribution in [1.29, 1.82) is 0 Å². The maximum atomic E-state index is 8.52. The van der Waals surface area contributed by atoms with Gasteiger partial charge in [-0.25, -0.2) is 0 Å². The number of allylic oxidation sites excluding steroid dienone is 3. The van der Waals surface area contributed by atoms with E-state index in [1.807, 2.05) is 37.3 Å². The van der Waals surface area contributed by atoms with Gasteiger partial charge in [0.05, 0.1) is 0 Å². The van der Waals surface area contributed by atoms with Crippen LogP contribution in [-0.4, -0.2) is 18.0 Å². The Kier molecular flexibility index (Phi) is 3.08. The zero-order valence-corrected chi connectivity index (χ0v) is 6.53. The lowest BCUT2D eigenvalue weighted by molar-refractivity contribution is -0.0168. The van der Waals surface area contributed by atoms with E-state index >= 15 is 0 Å². The Bertz CT molecular complexity index is 202. The van der Waals surface area contributed by atoms with Gasteiger partial charge in [0, 0.05) is 0 Å². The van der Waals surface area contributed by atoms with E-state index in [4.69, 9.17) is 9.84 Å². The second kappa shape index (κ2) is 4.11. The molecule has 0 amide bonds. The summed E-state index contributed by atoms with van der Waals surface area (Å²) in [6.07, 6.45) is 9.64. The molecule has 1 aliphatic carbocycles. The Labute approximate surface area is 66.5 Å². The summed E-state index contributed by atoms with van der Waals surface area (Å²) in [5, 5.41) is 8.52. The third-order valence-electron chi connectivity index (χ3n) is 1.60. The Balaban J connectivity index is 2.63. The lowest BCUT2D eigenvalue weighted by atomic mass is 10.1. The first kappa shape index (κ1) is 8.24. The molecule has 0 fully saturated rings. The van der Waals surface area contributed by atoms with Gasteiger partial charge in [0.25, 0.3) is 0 Å². The molecule has 1 N–H and O–H groups in total. The van der Waals surface area contributed by atoms with Crippen LogP contribution in [0.1, 0.15) is 6.92 Å². The largest absolute Gasteiger partial charge is 0.371 e. The summed E-state index contributed by atoms with van der Waals surface area (Å²) in [4.78, 5) is 0. The first-order valence-corrected chi connectivity index (χ1v) is 3.62. The highest BCUT2D eigenvalue weighted by molar-refractivity contribution is 5.34. The molecule has 60 valence electrons. The molecule has 0 aromatic heterocycles. The zero-order chi connectivity index (χ0) is 8.10. The first-order valence-electron chi connectivity index (χ1n) is 3.62. The van der Waals surface area contributed by atoms with E-state index in [-0.39, 0.29) is 12.9 Å². The highest BCUT2D eigenvalue weighted by atomic mass is 16.6. The zero-order valence-electron chi connectivity index (χ0n) is 6.53. The molecule has 0 aromatic rings. The molecular weight excluding hydrogens is 140 g/mol. The van der Waals surface area contributed by atoms with E-state index in [1.54, 1.807) is 0 Å². The van der Waals surface area contributed by atoms with E-state index < -0.39 is 0 Å². The van der Waals surface area contributed by atoms with Crippen LogP contribution in [0, 0.1) is 0 Å². The molecule has 0 saturated heterocycles. The smallest absolute Gasteiger partial charge is 0.144 e. The molecule has 0 saturated carbocycles. The Morgan fingerprint density at radius 3 is 3.09 bits per heavy atom. The summed E-state index contributed by atoms with van der Waals surface area (Å²) >= 11 is 0. The quantitative estimate of drug-likeness (QED) is 0.606. The Morgan fingerprint density at radius 2 is 2.45 bits per heavy atom. The van der Waals surface area contributed by atoms with Gasteiger partial charge in [0.2, 0.25) is 0 Å². The topological polar surface area (TPSA) is 29.5 Å². The predicted molar refractivity (Wildman–Crippen MR) is 44.0 cm³/mol. The van der Waals surface area contributed by atoms with Crippen LogP contribution in [0.4, 0.5) is 0 Å². The molecule has 1 aliphatic rings. The monoisotopic (exact) mass is 152 g/mol. The minimum absolute atomic E-state index is 0.0741. The maximum absolute atomic E-state index is 8.52. The van der Waals surface area contributed by atoms with Crippen molar-refractivity contribution in [3.05, 3.63) is 36.0 Å². The van der Waals surface area contributed by atoms with Gasteiger partial charge in [-0.1, -0.05) is 30.4 Å². The van der Waals surface area contributed by atoms with E-state index in [0.29, 0.717) is 0 Å². The number of hydrogen-bond acceptors (Lipinski definition) is 2. The number of hydrogen-bond donors (Lipinski definition) is 1. The molecule has 0 heterocycles. The molecule has 0 spiro atoms. The molecular formula is C9H12O2. The second-order valence-electron chi connectivity index (χ2n) is 2.25. The molecule has 11 heavy (non-hydrogen) atoms. The third-order valence-corrected chi connectivity index (χ3v) is 1.60. The fraction of sp³-hybridized carbons (Fsp3) is 0.333. The first-order chi connectivity index (χ1) is 5.38. The van der Waals surface area contributed by atoms with Crippen LogP contribution in [0.2, 0.25) is 0 Å². The summed E-state index contributed by atoms with van der Waals surface area (Å²) in [5.41, 5.74) is 1.08. The van der Waals surface area contributed by atoms with Crippen molar-refractivity contribution in [2.45, 2.75) is 13.0 Å². The van der Waals surface area contributed by atoms with Gasteiger partial charge in [-0.05, 0) is 12.5 Å². The normalized spacial score (nSPS) is 26.4. The predicted octanol–water partition coefficient (Wildman–Crippen LogP) is 1.39. The number of aliphatic hydroxyl groups excluding tert-OH is 1. The minimum Gasteiger partial charge on any atom is -0.371 e. The van der Waals surface area contributed by atoms with Crippen LogP contribution in [0.3, 0.4) is 0 Å². The van der Waals surface area contributed by atoms with Crippen molar-refractivity contribution in [2.24, 2.45) is 0 Å². The SMILES string of the molecule is CC=C1C=CC=CC1OCO. The van der Waals surface area contributed by atoms with E-state index in [0.717, 1.165) is 5.57 Å². The molecule has 0 aliphatic heterocycles. The summed E-state index contributed by atoms with van der Waals surface area (Å²) < 4.78 is 5.04. The number of rotatable bonds is 2. The number of ether oxygens (including phenoxy) is 1. The van der Waals surface area contributed by atoms with Gasteiger partial charge in [-0.3, -0.25) is 0 Å². The summed E-state index contributed by atoms with van der Waals surface area (Å²) in [7, 11) is 0. The Morgan fingerprint density at radius 1 is 1.64 bits per heavy atom. The Hall–Kier alpha value is -0.860. The minimum atomic E-state index is -0.236. The summed E-state index contributed by atoms with van der Waals surface area (Å²) in [6, 6.07) is 0. The third kappa shape index (κ3) is 2.03. The van der Waals surface area contributed by atoms with E-state index in [2.05, 4.69) is 0 Å². The maximum Gasteiger partial charge on any atom is 0.144 e. The molecule has 0 bridgehead atoms. The van der Waals surface area contributed by atoms with Gasteiger partial charge < -0.3 is 9.84 Å². The molecule has 0 radical (unpaired) electrons. The van der Waals surface area contributed by atoms with Gasteiger partial charge in [0.15, 0.2) is 0 Å². The van der Waals surface area contributed by atoms with Gasteiger partial charge in [0.1, 0.15) is 12.9 Å². The van der Waals surface area contributed by atoms with Gasteiger partial charge in [-0.2, -0.15) is 0 Å². The summed E-state index contributed by atoms with van der Waals surface area (Å²) in [6.45, 7) is 1.72. The van der Waals surface area contributed by atoms with Crippen LogP contribution in [0.5, 0.6) is 0 Å². The van der Waals surface area contributed by atoms with Crippen LogP contribution < -0.4 is 0 Å². The van der Waals surface area contributed by atoms with Crippen molar-refractivity contribution >= 4 is 0 Å². The lowest BCUT2D eigenvalue weighted by Crippen LogP contribution is -2.14. The van der Waals surface area contributed by atoms with Crippen molar-refractivity contribution in [1.82, 2.24) is 0 Å². The molecule has 0 aromatic carbocycles. The molecule has 1 unspecified atom stereocenters. The van der Waals surface area contributed by atoms with Crippen LogP contribution >= 0.6 is 0 Å². The van der Waals surface area contributed by atoms with Gasteiger partial charge >= 0.3 is 0 Å². The average molecular weight is 152 g/mol. The van der Waals surface area contributed by atoms with Crippen LogP contribution in [0.25, 0.3) is 0 Å². The van der Waals surface area contributed by atoms with Crippen molar-refractivity contribution < 1.29 is 9.84 Å². The fourth-order valence-electron chi connectivity index (χ4n) is 1.03. The van der Waals surface area contributed by atoms with Crippen molar-refractivity contribution in [3.8, 4) is 0 Å². The highest BCUT2D eigenvalue weighted by Gasteiger charge is 2.09. The van der Waals surface area contributed by atoms with Crippen molar-refractivity contribution in [2.75, 3.05) is 6.79 Å².